The summed E-state index contributed by atoms with van der Waals surface area (Å²) in [5.41, 5.74) is 2.61. The fourth-order valence-electron chi connectivity index (χ4n) is 3.20. The maximum Gasteiger partial charge on any atom is 0.240 e. The molecule has 1 N–H and O–H groups in total. The summed E-state index contributed by atoms with van der Waals surface area (Å²) in [5, 5.41) is 3.51. The lowest BCUT2D eigenvalue weighted by molar-refractivity contribution is -0.128. The first-order valence-electron chi connectivity index (χ1n) is 8.34. The van der Waals surface area contributed by atoms with Crippen LogP contribution in [-0.2, 0) is 17.6 Å². The van der Waals surface area contributed by atoms with Crippen LogP contribution in [0.15, 0.2) is 60.7 Å². The zero-order chi connectivity index (χ0) is 16.1. The van der Waals surface area contributed by atoms with E-state index in [0.29, 0.717) is 0 Å². The number of likely N-dealkylation sites (N-methyl/N-ethyl adjacent to an activating group) is 1. The number of nitrogens with one attached hydrogen (secondary N) is 1. The fourth-order valence-corrected chi connectivity index (χ4v) is 3.20. The van der Waals surface area contributed by atoms with Gasteiger partial charge in [0.2, 0.25) is 5.91 Å². The lowest BCUT2D eigenvalue weighted by atomic mass is 10.1. The quantitative estimate of drug-likeness (QED) is 0.890. The molecule has 120 valence electrons. The summed E-state index contributed by atoms with van der Waals surface area (Å²) in [7, 11) is 1.91. The highest BCUT2D eigenvalue weighted by Crippen LogP contribution is 2.17. The molecule has 1 saturated heterocycles. The minimum Gasteiger partial charge on any atom is -0.329 e. The van der Waals surface area contributed by atoms with E-state index >= 15 is 0 Å². The molecule has 3 rings (SSSR count). The molecule has 3 heteroatoms. The van der Waals surface area contributed by atoms with Gasteiger partial charge in [-0.3, -0.25) is 10.1 Å². The van der Waals surface area contributed by atoms with Crippen LogP contribution in [0, 0.1) is 0 Å². The summed E-state index contributed by atoms with van der Waals surface area (Å²) in [6, 6.07) is 20.8. The molecule has 2 aromatic carbocycles. The van der Waals surface area contributed by atoms with Gasteiger partial charge in [-0.15, -0.1) is 0 Å². The molecule has 2 aromatic rings. The molecule has 1 amide bonds. The Bertz CT molecular complexity index is 627. The molecular weight excluding hydrogens is 284 g/mol. The number of carbonyl (C=O) groups excluding carboxylic acids is 1. The first-order chi connectivity index (χ1) is 11.2. The van der Waals surface area contributed by atoms with Crippen LogP contribution in [-0.4, -0.2) is 30.1 Å². The average molecular weight is 308 g/mol. The van der Waals surface area contributed by atoms with Crippen LogP contribution >= 0.6 is 0 Å². The number of amides is 1. The van der Waals surface area contributed by atoms with Gasteiger partial charge in [-0.25, -0.2) is 0 Å². The molecule has 1 aliphatic rings. The van der Waals surface area contributed by atoms with Crippen molar-refractivity contribution >= 4 is 5.91 Å². The highest BCUT2D eigenvalue weighted by molar-refractivity contribution is 5.84. The van der Waals surface area contributed by atoms with Gasteiger partial charge in [-0.05, 0) is 36.8 Å². The fraction of sp³-hybridized carbons (Fsp3) is 0.350. The summed E-state index contributed by atoms with van der Waals surface area (Å²) in [6.45, 7) is 0. The molecule has 1 heterocycles. The Morgan fingerprint density at radius 1 is 0.870 bits per heavy atom. The van der Waals surface area contributed by atoms with Gasteiger partial charge in [-0.2, -0.15) is 0 Å². The lowest BCUT2D eigenvalue weighted by Crippen LogP contribution is -2.35. The van der Waals surface area contributed by atoms with E-state index in [2.05, 4.69) is 41.7 Å². The number of rotatable bonds is 6. The van der Waals surface area contributed by atoms with E-state index in [0.717, 1.165) is 25.7 Å². The summed E-state index contributed by atoms with van der Waals surface area (Å²) in [6.07, 6.45) is 3.87. The van der Waals surface area contributed by atoms with Gasteiger partial charge in [0, 0.05) is 7.05 Å². The summed E-state index contributed by atoms with van der Waals surface area (Å²) in [5.74, 6) is 0.221. The Morgan fingerprint density at radius 3 is 1.96 bits per heavy atom. The molecule has 2 atom stereocenters. The summed E-state index contributed by atoms with van der Waals surface area (Å²) < 4.78 is 0. The van der Waals surface area contributed by atoms with Crippen molar-refractivity contribution in [2.75, 3.05) is 7.05 Å². The lowest BCUT2D eigenvalue weighted by Gasteiger charge is -2.19. The molecular formula is C20H24N2O. The molecule has 0 unspecified atom stereocenters. The van der Waals surface area contributed by atoms with Crippen molar-refractivity contribution in [1.29, 1.82) is 0 Å². The predicted molar refractivity (Wildman–Crippen MR) is 93.0 cm³/mol. The zero-order valence-corrected chi connectivity index (χ0v) is 13.6. The van der Waals surface area contributed by atoms with Gasteiger partial charge in [0.15, 0.2) is 0 Å². The van der Waals surface area contributed by atoms with Crippen molar-refractivity contribution in [2.45, 2.75) is 37.9 Å². The largest absolute Gasteiger partial charge is 0.329 e. The van der Waals surface area contributed by atoms with Crippen LogP contribution in [0.1, 0.15) is 24.0 Å². The number of carbonyl (C=O) groups is 1. The van der Waals surface area contributed by atoms with Gasteiger partial charge in [0.25, 0.3) is 0 Å². The van der Waals surface area contributed by atoms with Crippen LogP contribution in [0.4, 0.5) is 0 Å². The van der Waals surface area contributed by atoms with Crippen molar-refractivity contribution < 1.29 is 4.79 Å². The van der Waals surface area contributed by atoms with Crippen LogP contribution in [0.3, 0.4) is 0 Å². The number of aryl methyl sites for hydroxylation is 2. The molecule has 0 spiro atoms. The Labute approximate surface area is 138 Å². The van der Waals surface area contributed by atoms with Gasteiger partial charge in [-0.1, -0.05) is 60.7 Å². The van der Waals surface area contributed by atoms with Crippen molar-refractivity contribution in [2.24, 2.45) is 0 Å². The summed E-state index contributed by atoms with van der Waals surface area (Å²) in [4.78, 5) is 14.3. The molecule has 0 saturated carbocycles. The zero-order valence-electron chi connectivity index (χ0n) is 13.6. The smallest absolute Gasteiger partial charge is 0.240 e. The predicted octanol–water partition coefficient (Wildman–Crippen LogP) is 3.01. The van der Waals surface area contributed by atoms with Crippen molar-refractivity contribution in [1.82, 2.24) is 10.2 Å². The van der Waals surface area contributed by atoms with Crippen LogP contribution in [0.25, 0.3) is 0 Å². The maximum absolute atomic E-state index is 12.4. The van der Waals surface area contributed by atoms with E-state index in [-0.39, 0.29) is 18.1 Å². The van der Waals surface area contributed by atoms with Gasteiger partial charge < -0.3 is 4.90 Å². The third-order valence-electron chi connectivity index (χ3n) is 4.62. The summed E-state index contributed by atoms with van der Waals surface area (Å²) >= 11 is 0. The second kappa shape index (κ2) is 7.42. The van der Waals surface area contributed by atoms with Gasteiger partial charge in [0.1, 0.15) is 0 Å². The topological polar surface area (TPSA) is 32.3 Å². The SMILES string of the molecule is CN1C(=O)[C@H](CCc2ccccc2)N[C@H]1CCc1ccccc1. The van der Waals surface area contributed by atoms with Crippen LogP contribution in [0.2, 0.25) is 0 Å². The molecule has 1 aliphatic heterocycles. The molecule has 0 aliphatic carbocycles. The molecule has 1 fully saturated rings. The van der Waals surface area contributed by atoms with E-state index in [1.165, 1.54) is 11.1 Å². The van der Waals surface area contributed by atoms with Crippen molar-refractivity contribution in [3.8, 4) is 0 Å². The molecule has 3 nitrogen and oxygen atoms in total. The molecule has 0 aromatic heterocycles. The van der Waals surface area contributed by atoms with Crippen molar-refractivity contribution in [3.63, 3.8) is 0 Å². The van der Waals surface area contributed by atoms with E-state index < -0.39 is 0 Å². The minimum atomic E-state index is -0.0546. The number of benzene rings is 2. The first kappa shape index (κ1) is 15.8. The Kier molecular flexibility index (Phi) is 5.09. The van der Waals surface area contributed by atoms with E-state index in [1.807, 2.05) is 36.2 Å². The minimum absolute atomic E-state index is 0.0546. The highest BCUT2D eigenvalue weighted by atomic mass is 16.2. The molecule has 0 bridgehead atoms. The molecule has 0 radical (unpaired) electrons. The van der Waals surface area contributed by atoms with Gasteiger partial charge >= 0.3 is 0 Å². The van der Waals surface area contributed by atoms with Crippen LogP contribution < -0.4 is 5.32 Å². The Balaban J connectivity index is 1.52. The number of hydrogen-bond donors (Lipinski definition) is 1. The normalized spacial score (nSPS) is 20.9. The third-order valence-corrected chi connectivity index (χ3v) is 4.62. The van der Waals surface area contributed by atoms with E-state index in [9.17, 15) is 4.79 Å². The Hall–Kier alpha value is -2.13. The van der Waals surface area contributed by atoms with Crippen molar-refractivity contribution in [3.05, 3.63) is 71.8 Å². The first-order valence-corrected chi connectivity index (χ1v) is 8.34. The molecule has 23 heavy (non-hydrogen) atoms. The highest BCUT2D eigenvalue weighted by Gasteiger charge is 2.35. The van der Waals surface area contributed by atoms with E-state index in [4.69, 9.17) is 0 Å². The van der Waals surface area contributed by atoms with E-state index in [1.54, 1.807) is 0 Å². The maximum atomic E-state index is 12.4. The average Bonchev–Trinajstić information content (AvgIpc) is 2.88. The Morgan fingerprint density at radius 2 is 1.39 bits per heavy atom. The van der Waals surface area contributed by atoms with Gasteiger partial charge in [0.05, 0.1) is 12.2 Å². The second-order valence-corrected chi connectivity index (χ2v) is 6.23. The second-order valence-electron chi connectivity index (χ2n) is 6.23. The monoisotopic (exact) mass is 308 g/mol. The number of nitrogens with zero attached hydrogens (tertiary/aromatic N) is 1. The van der Waals surface area contributed by atoms with Crippen LogP contribution in [0.5, 0.6) is 0 Å². The number of hydrogen-bond acceptors (Lipinski definition) is 2. The standard InChI is InChI=1S/C20H24N2O/c1-22-19(15-13-17-10-6-3-7-11-17)21-18(20(22)23)14-12-16-8-4-2-5-9-16/h2-11,18-19,21H,12-15H2,1H3/t18-,19+/m0/s1. The third kappa shape index (κ3) is 3.99.